The topological polar surface area (TPSA) is 96.7 Å². The van der Waals surface area contributed by atoms with Crippen molar-refractivity contribution < 1.29 is 14.3 Å². The Labute approximate surface area is 205 Å². The highest BCUT2D eigenvalue weighted by molar-refractivity contribution is 6.32. The van der Waals surface area contributed by atoms with Crippen LogP contribution in [0.2, 0.25) is 0 Å². The van der Waals surface area contributed by atoms with Crippen LogP contribution < -0.4 is 21.1 Å². The first kappa shape index (κ1) is 24.0. The average Bonchev–Trinajstić information content (AvgIpc) is 3.19. The first-order chi connectivity index (χ1) is 17.0. The Balaban J connectivity index is 1.42. The fourth-order valence-electron chi connectivity index (χ4n) is 3.96. The summed E-state index contributed by atoms with van der Waals surface area (Å²) in [4.78, 5) is 27.7. The van der Waals surface area contributed by atoms with Crippen molar-refractivity contribution in [2.24, 2.45) is 0 Å². The van der Waals surface area contributed by atoms with Crippen LogP contribution in [0, 0.1) is 0 Å². The van der Waals surface area contributed by atoms with Crippen LogP contribution in [0.25, 0.3) is 5.57 Å². The normalized spacial score (nSPS) is 13.6. The van der Waals surface area contributed by atoms with Gasteiger partial charge in [-0.15, -0.1) is 0 Å². The van der Waals surface area contributed by atoms with Crippen molar-refractivity contribution in [2.75, 3.05) is 42.6 Å². The SMILES string of the molecule is CCN(CC)CCOc1ccc(NC=C2C(=O)Nc3cc(C(=O)c4cccc(N)c4)ccc32)cc1. The summed E-state index contributed by atoms with van der Waals surface area (Å²) < 4.78 is 5.82. The molecule has 0 spiro atoms. The zero-order valence-electron chi connectivity index (χ0n) is 20.0. The van der Waals surface area contributed by atoms with Gasteiger partial charge >= 0.3 is 0 Å². The maximum atomic E-state index is 12.8. The third-order valence-electron chi connectivity index (χ3n) is 6.02. The fraction of sp³-hybridized carbons (Fsp3) is 0.214. The number of nitrogens with two attached hydrogens (primary N) is 1. The highest BCUT2D eigenvalue weighted by Gasteiger charge is 2.25. The number of likely N-dealkylation sites (N-methyl/N-ethyl adjacent to an activating group) is 1. The van der Waals surface area contributed by atoms with E-state index in [4.69, 9.17) is 10.5 Å². The number of ketones is 1. The number of nitrogen functional groups attached to an aromatic ring is 1. The number of hydrogen-bond acceptors (Lipinski definition) is 6. The van der Waals surface area contributed by atoms with E-state index in [1.807, 2.05) is 24.3 Å². The molecule has 0 aliphatic carbocycles. The van der Waals surface area contributed by atoms with Crippen LogP contribution in [0.3, 0.4) is 0 Å². The van der Waals surface area contributed by atoms with Gasteiger partial charge in [0.15, 0.2) is 5.78 Å². The third kappa shape index (κ3) is 5.70. The molecule has 0 radical (unpaired) electrons. The molecule has 1 aliphatic heterocycles. The van der Waals surface area contributed by atoms with Crippen molar-refractivity contribution in [3.63, 3.8) is 0 Å². The van der Waals surface area contributed by atoms with Gasteiger partial charge in [0.05, 0.1) is 5.57 Å². The minimum absolute atomic E-state index is 0.149. The summed E-state index contributed by atoms with van der Waals surface area (Å²) in [6, 6.07) is 19.7. The van der Waals surface area contributed by atoms with E-state index in [1.165, 1.54) is 0 Å². The van der Waals surface area contributed by atoms with Crippen LogP contribution in [0.1, 0.15) is 35.3 Å². The standard InChI is InChI=1S/C28H30N4O3/c1-3-32(4-2)14-15-35-23-11-9-22(10-12-23)30-18-25-24-13-8-20(17-26(24)31-28(25)34)27(33)19-6-5-7-21(29)16-19/h5-13,16-18,30H,3-4,14-15,29H2,1-2H3,(H,31,34). The van der Waals surface area contributed by atoms with E-state index in [0.29, 0.717) is 34.7 Å². The molecule has 7 nitrogen and oxygen atoms in total. The molecule has 1 heterocycles. The zero-order chi connectivity index (χ0) is 24.8. The molecule has 7 heteroatoms. The molecule has 4 rings (SSSR count). The largest absolute Gasteiger partial charge is 0.492 e. The Morgan fingerprint density at radius 3 is 2.49 bits per heavy atom. The van der Waals surface area contributed by atoms with Crippen molar-refractivity contribution in [3.05, 3.63) is 89.6 Å². The maximum Gasteiger partial charge on any atom is 0.257 e. The quantitative estimate of drug-likeness (QED) is 0.227. The van der Waals surface area contributed by atoms with Crippen LogP contribution in [0.5, 0.6) is 5.75 Å². The minimum atomic E-state index is -0.225. The number of fused-ring (bicyclic) bond motifs is 1. The fourth-order valence-corrected chi connectivity index (χ4v) is 3.96. The van der Waals surface area contributed by atoms with Gasteiger partial charge in [-0.1, -0.05) is 38.1 Å². The van der Waals surface area contributed by atoms with E-state index in [2.05, 4.69) is 29.4 Å². The number of rotatable bonds is 10. The number of nitrogens with one attached hydrogen (secondary N) is 2. The van der Waals surface area contributed by atoms with Crippen molar-refractivity contribution >= 4 is 34.3 Å². The molecule has 0 unspecified atom stereocenters. The number of carbonyl (C=O) groups excluding carboxylic acids is 2. The molecule has 1 aliphatic rings. The molecule has 1 amide bonds. The maximum absolute atomic E-state index is 12.8. The van der Waals surface area contributed by atoms with Gasteiger partial charge in [-0.05, 0) is 55.6 Å². The van der Waals surface area contributed by atoms with Gasteiger partial charge in [-0.2, -0.15) is 0 Å². The predicted molar refractivity (Wildman–Crippen MR) is 141 cm³/mol. The molecule has 0 bridgehead atoms. The monoisotopic (exact) mass is 470 g/mol. The van der Waals surface area contributed by atoms with Gasteiger partial charge in [0.25, 0.3) is 5.91 Å². The molecule has 0 fully saturated rings. The molecule has 0 atom stereocenters. The van der Waals surface area contributed by atoms with E-state index in [0.717, 1.165) is 36.6 Å². The number of benzene rings is 3. The minimum Gasteiger partial charge on any atom is -0.492 e. The average molecular weight is 471 g/mol. The highest BCUT2D eigenvalue weighted by Crippen LogP contribution is 2.33. The zero-order valence-corrected chi connectivity index (χ0v) is 20.0. The van der Waals surface area contributed by atoms with E-state index < -0.39 is 0 Å². The molecule has 3 aromatic carbocycles. The summed E-state index contributed by atoms with van der Waals surface area (Å²) in [5, 5.41) is 6.02. The number of amides is 1. The summed E-state index contributed by atoms with van der Waals surface area (Å²) in [5.74, 6) is 0.429. The number of carbonyl (C=O) groups is 2. The lowest BCUT2D eigenvalue weighted by atomic mass is 9.99. The first-order valence-electron chi connectivity index (χ1n) is 11.8. The van der Waals surface area contributed by atoms with Gasteiger partial charge in [-0.25, -0.2) is 0 Å². The Morgan fingerprint density at radius 1 is 1.03 bits per heavy atom. The summed E-state index contributed by atoms with van der Waals surface area (Å²) in [7, 11) is 0. The van der Waals surface area contributed by atoms with Crippen LogP contribution >= 0.6 is 0 Å². The lowest BCUT2D eigenvalue weighted by Crippen LogP contribution is -2.27. The molecular formula is C28H30N4O3. The summed E-state index contributed by atoms with van der Waals surface area (Å²) in [6.45, 7) is 7.82. The van der Waals surface area contributed by atoms with E-state index in [-0.39, 0.29) is 11.7 Å². The molecule has 0 saturated carbocycles. The van der Waals surface area contributed by atoms with Crippen LogP contribution in [0.4, 0.5) is 17.1 Å². The lowest BCUT2D eigenvalue weighted by Gasteiger charge is -2.18. The Hall–Kier alpha value is -4.10. The Bertz CT molecular complexity index is 1250. The molecule has 0 aromatic heterocycles. The van der Waals surface area contributed by atoms with Gasteiger partial charge in [-0.3, -0.25) is 9.59 Å². The number of hydrogen-bond donors (Lipinski definition) is 3. The third-order valence-corrected chi connectivity index (χ3v) is 6.02. The smallest absolute Gasteiger partial charge is 0.257 e. The summed E-state index contributed by atoms with van der Waals surface area (Å²) in [6.07, 6.45) is 1.68. The van der Waals surface area contributed by atoms with Gasteiger partial charge in [0.1, 0.15) is 12.4 Å². The molecule has 3 aromatic rings. The lowest BCUT2D eigenvalue weighted by molar-refractivity contribution is -0.110. The molecule has 35 heavy (non-hydrogen) atoms. The van der Waals surface area contributed by atoms with E-state index in [9.17, 15) is 9.59 Å². The number of nitrogens with zero attached hydrogens (tertiary/aromatic N) is 1. The summed E-state index contributed by atoms with van der Waals surface area (Å²) >= 11 is 0. The molecule has 0 saturated heterocycles. The van der Waals surface area contributed by atoms with Gasteiger partial charge in [0, 0.05) is 46.5 Å². The summed E-state index contributed by atoms with van der Waals surface area (Å²) in [5.41, 5.74) is 10.0. The van der Waals surface area contributed by atoms with Crippen LogP contribution in [0.15, 0.2) is 72.9 Å². The molecule has 180 valence electrons. The van der Waals surface area contributed by atoms with Crippen molar-refractivity contribution in [1.29, 1.82) is 0 Å². The second-order valence-electron chi connectivity index (χ2n) is 8.27. The first-order valence-corrected chi connectivity index (χ1v) is 11.8. The molecule has 4 N–H and O–H groups in total. The van der Waals surface area contributed by atoms with Gasteiger partial charge < -0.3 is 26.0 Å². The second-order valence-corrected chi connectivity index (χ2v) is 8.27. The molecular weight excluding hydrogens is 440 g/mol. The number of ether oxygens (including phenoxy) is 1. The van der Waals surface area contributed by atoms with E-state index in [1.54, 1.807) is 48.7 Å². The second kappa shape index (κ2) is 10.9. The van der Waals surface area contributed by atoms with Crippen molar-refractivity contribution in [1.82, 2.24) is 4.90 Å². The predicted octanol–water partition coefficient (Wildman–Crippen LogP) is 4.63. The van der Waals surface area contributed by atoms with Crippen molar-refractivity contribution in [2.45, 2.75) is 13.8 Å². The van der Waals surface area contributed by atoms with Crippen LogP contribution in [-0.2, 0) is 4.79 Å². The Morgan fingerprint density at radius 2 is 1.77 bits per heavy atom. The Kier molecular flexibility index (Phi) is 7.48. The van der Waals surface area contributed by atoms with Crippen LogP contribution in [-0.4, -0.2) is 42.8 Å². The van der Waals surface area contributed by atoms with Gasteiger partial charge in [0.2, 0.25) is 0 Å². The van der Waals surface area contributed by atoms with E-state index >= 15 is 0 Å². The highest BCUT2D eigenvalue weighted by atomic mass is 16.5. The number of anilines is 3. The van der Waals surface area contributed by atoms with Crippen molar-refractivity contribution in [3.8, 4) is 5.75 Å².